The molecule has 0 N–H and O–H groups in total. The minimum absolute atomic E-state index is 0.0788. The van der Waals surface area contributed by atoms with Gasteiger partial charge in [-0.05, 0) is 83.4 Å². The van der Waals surface area contributed by atoms with Crippen LogP contribution in [0.25, 0.3) is 0 Å². The SMILES string of the molecule is COc1ccc(C(=O)N(CC(=O)N2CCc3sccc3[C@H]2COc2ccc(C(C)C)cc2)Cc2ccco2)cc1. The number of benzene rings is 2. The van der Waals surface area contributed by atoms with Gasteiger partial charge < -0.3 is 23.7 Å². The van der Waals surface area contributed by atoms with Gasteiger partial charge in [-0.3, -0.25) is 9.59 Å². The normalized spacial score (nSPS) is 14.6. The fourth-order valence-electron chi connectivity index (χ4n) is 4.96. The molecule has 7 nitrogen and oxygen atoms in total. The van der Waals surface area contributed by atoms with Crippen molar-refractivity contribution in [2.45, 2.75) is 38.8 Å². The average Bonchev–Trinajstić information content (AvgIpc) is 3.68. The summed E-state index contributed by atoms with van der Waals surface area (Å²) in [6, 6.07) is 20.4. The van der Waals surface area contributed by atoms with Crippen molar-refractivity contribution in [1.82, 2.24) is 9.80 Å². The Balaban J connectivity index is 1.35. The van der Waals surface area contributed by atoms with Crippen molar-refractivity contribution in [3.8, 4) is 11.5 Å². The lowest BCUT2D eigenvalue weighted by Gasteiger charge is -2.37. The minimum atomic E-state index is -0.251. The molecule has 0 aliphatic carbocycles. The Hall–Kier alpha value is -4.04. The highest BCUT2D eigenvalue weighted by atomic mass is 32.1. The molecule has 0 fully saturated rings. The van der Waals surface area contributed by atoms with Gasteiger partial charge in [0.05, 0.1) is 26.0 Å². The summed E-state index contributed by atoms with van der Waals surface area (Å²) in [4.78, 5) is 32.1. The van der Waals surface area contributed by atoms with Crippen LogP contribution in [0.1, 0.15) is 57.9 Å². The van der Waals surface area contributed by atoms with E-state index in [9.17, 15) is 9.59 Å². The Morgan fingerprint density at radius 1 is 1.05 bits per heavy atom. The first-order valence-corrected chi connectivity index (χ1v) is 14.3. The molecule has 4 aromatic rings. The minimum Gasteiger partial charge on any atom is -0.497 e. The zero-order valence-corrected chi connectivity index (χ0v) is 23.9. The molecule has 0 bridgehead atoms. The number of carbonyl (C=O) groups excluding carboxylic acids is 2. The molecule has 1 aliphatic heterocycles. The topological polar surface area (TPSA) is 72.2 Å². The number of thiophene rings is 1. The lowest BCUT2D eigenvalue weighted by atomic mass is 10.00. The van der Waals surface area contributed by atoms with Crippen molar-refractivity contribution >= 4 is 23.2 Å². The predicted octanol–water partition coefficient (Wildman–Crippen LogP) is 6.32. The van der Waals surface area contributed by atoms with Gasteiger partial charge in [-0.15, -0.1) is 11.3 Å². The zero-order chi connectivity index (χ0) is 28.1. The number of amides is 2. The van der Waals surface area contributed by atoms with Crippen molar-refractivity contribution in [3.05, 3.63) is 106 Å². The van der Waals surface area contributed by atoms with Gasteiger partial charge in [0.2, 0.25) is 5.91 Å². The maximum atomic E-state index is 13.9. The highest BCUT2D eigenvalue weighted by molar-refractivity contribution is 7.10. The third-order valence-corrected chi connectivity index (χ3v) is 8.24. The van der Waals surface area contributed by atoms with E-state index < -0.39 is 0 Å². The lowest BCUT2D eigenvalue weighted by Crippen LogP contribution is -2.47. The van der Waals surface area contributed by atoms with E-state index in [1.165, 1.54) is 15.3 Å². The molecule has 2 aromatic heterocycles. The standard InChI is InChI=1S/C32H34N2O5S/c1-22(2)23-6-12-26(13-7-23)39-21-29-28-15-18-40-30(28)14-16-34(29)31(35)20-33(19-27-5-4-17-38-27)32(36)24-8-10-25(37-3)11-9-24/h4-13,15,17-18,22,29H,14,16,19-21H2,1-3H3/t29-/m1/s1. The van der Waals surface area contributed by atoms with Gasteiger partial charge in [0.1, 0.15) is 30.4 Å². The highest BCUT2D eigenvalue weighted by Gasteiger charge is 2.34. The molecule has 40 heavy (non-hydrogen) atoms. The highest BCUT2D eigenvalue weighted by Crippen LogP contribution is 2.34. The third kappa shape index (κ3) is 6.23. The fraction of sp³-hybridized carbons (Fsp3) is 0.312. The second kappa shape index (κ2) is 12.4. The summed E-state index contributed by atoms with van der Waals surface area (Å²) in [5.41, 5.74) is 2.84. The van der Waals surface area contributed by atoms with Gasteiger partial charge >= 0.3 is 0 Å². The van der Waals surface area contributed by atoms with Gasteiger partial charge in [-0.2, -0.15) is 0 Å². The fourth-order valence-corrected chi connectivity index (χ4v) is 5.89. The number of hydrogen-bond donors (Lipinski definition) is 0. The Morgan fingerprint density at radius 3 is 2.48 bits per heavy atom. The maximum absolute atomic E-state index is 13.9. The van der Waals surface area contributed by atoms with Crippen molar-refractivity contribution < 1.29 is 23.5 Å². The molecule has 3 heterocycles. The van der Waals surface area contributed by atoms with Crippen molar-refractivity contribution in [3.63, 3.8) is 0 Å². The van der Waals surface area contributed by atoms with E-state index in [0.717, 1.165) is 17.7 Å². The molecule has 0 radical (unpaired) electrons. The molecule has 0 unspecified atom stereocenters. The summed E-state index contributed by atoms with van der Waals surface area (Å²) in [5.74, 6) is 2.10. The molecule has 0 saturated carbocycles. The van der Waals surface area contributed by atoms with E-state index in [-0.39, 0.29) is 30.9 Å². The van der Waals surface area contributed by atoms with Crippen LogP contribution in [0.2, 0.25) is 0 Å². The van der Waals surface area contributed by atoms with E-state index in [1.54, 1.807) is 61.1 Å². The second-order valence-electron chi connectivity index (χ2n) is 10.2. The molecule has 5 rings (SSSR count). The molecule has 0 saturated heterocycles. The molecule has 2 amide bonds. The smallest absolute Gasteiger partial charge is 0.254 e. The number of rotatable bonds is 10. The van der Waals surface area contributed by atoms with Crippen LogP contribution in [0.4, 0.5) is 0 Å². The summed E-state index contributed by atoms with van der Waals surface area (Å²) in [6.45, 7) is 5.33. The molecule has 0 spiro atoms. The molecule has 2 aromatic carbocycles. The van der Waals surface area contributed by atoms with Crippen molar-refractivity contribution in [2.24, 2.45) is 0 Å². The van der Waals surface area contributed by atoms with Crippen LogP contribution in [0.15, 0.2) is 82.8 Å². The van der Waals surface area contributed by atoms with Gasteiger partial charge in [0, 0.05) is 17.0 Å². The third-order valence-electron chi connectivity index (χ3n) is 7.25. The average molecular weight is 559 g/mol. The summed E-state index contributed by atoms with van der Waals surface area (Å²) >= 11 is 1.71. The summed E-state index contributed by atoms with van der Waals surface area (Å²) in [7, 11) is 1.58. The number of fused-ring (bicyclic) bond motifs is 1. The Kier molecular flexibility index (Phi) is 8.55. The van der Waals surface area contributed by atoms with Crippen LogP contribution >= 0.6 is 11.3 Å². The van der Waals surface area contributed by atoms with Gasteiger partial charge in [0.25, 0.3) is 5.91 Å². The number of nitrogens with zero attached hydrogens (tertiary/aromatic N) is 2. The Bertz CT molecular complexity index is 1410. The number of furan rings is 1. The van der Waals surface area contributed by atoms with Gasteiger partial charge in [-0.1, -0.05) is 26.0 Å². The van der Waals surface area contributed by atoms with E-state index >= 15 is 0 Å². The second-order valence-corrected chi connectivity index (χ2v) is 11.2. The first-order valence-electron chi connectivity index (χ1n) is 13.5. The monoisotopic (exact) mass is 558 g/mol. The molecular weight excluding hydrogens is 524 g/mol. The molecule has 1 aliphatic rings. The molecule has 8 heteroatoms. The first-order chi connectivity index (χ1) is 19.4. The van der Waals surface area contributed by atoms with Crippen LogP contribution in [-0.4, -0.2) is 48.4 Å². The van der Waals surface area contributed by atoms with Crippen LogP contribution in [0, 0.1) is 0 Å². The lowest BCUT2D eigenvalue weighted by molar-refractivity contribution is -0.135. The number of hydrogen-bond acceptors (Lipinski definition) is 6. The summed E-state index contributed by atoms with van der Waals surface area (Å²) < 4.78 is 17.0. The first kappa shape index (κ1) is 27.5. The van der Waals surface area contributed by atoms with Crippen molar-refractivity contribution in [2.75, 3.05) is 26.8 Å². The van der Waals surface area contributed by atoms with E-state index in [2.05, 4.69) is 37.4 Å². The van der Waals surface area contributed by atoms with Gasteiger partial charge in [-0.25, -0.2) is 0 Å². The predicted molar refractivity (Wildman–Crippen MR) is 155 cm³/mol. The zero-order valence-electron chi connectivity index (χ0n) is 23.0. The van der Waals surface area contributed by atoms with Crippen LogP contribution in [0.5, 0.6) is 11.5 Å². The summed E-state index contributed by atoms with van der Waals surface area (Å²) in [6.07, 6.45) is 2.35. The van der Waals surface area contributed by atoms with E-state index in [1.807, 2.05) is 17.0 Å². The van der Waals surface area contributed by atoms with Crippen molar-refractivity contribution in [1.29, 1.82) is 0 Å². The number of methoxy groups -OCH3 is 1. The van der Waals surface area contributed by atoms with E-state index in [0.29, 0.717) is 36.1 Å². The van der Waals surface area contributed by atoms with Crippen LogP contribution in [0.3, 0.4) is 0 Å². The molecule has 1 atom stereocenters. The van der Waals surface area contributed by atoms with Gasteiger partial charge in [0.15, 0.2) is 0 Å². The summed E-state index contributed by atoms with van der Waals surface area (Å²) in [5, 5.41) is 2.07. The Labute approximate surface area is 238 Å². The van der Waals surface area contributed by atoms with Crippen LogP contribution in [-0.2, 0) is 17.8 Å². The maximum Gasteiger partial charge on any atom is 0.254 e. The quantitative estimate of drug-likeness (QED) is 0.228. The number of carbonyl (C=O) groups is 2. The largest absolute Gasteiger partial charge is 0.497 e. The van der Waals surface area contributed by atoms with Crippen LogP contribution < -0.4 is 9.47 Å². The molecule has 208 valence electrons. The molecular formula is C32H34N2O5S. The number of ether oxygens (including phenoxy) is 2. The van der Waals surface area contributed by atoms with E-state index in [4.69, 9.17) is 13.9 Å². The Morgan fingerprint density at radius 2 is 1.80 bits per heavy atom.